The van der Waals surface area contributed by atoms with Gasteiger partial charge in [0.25, 0.3) is 12.9 Å². The van der Waals surface area contributed by atoms with Crippen molar-refractivity contribution in [1.82, 2.24) is 15.2 Å². The second-order valence-corrected chi connectivity index (χ2v) is 8.39. The smallest absolute Gasteiger partial charge is 0.290 e. The number of aromatic nitrogens is 1. The number of pyridine rings is 1. The average Bonchev–Trinajstić information content (AvgIpc) is 3.40. The zero-order valence-corrected chi connectivity index (χ0v) is 19.9. The number of rotatable bonds is 5. The maximum atomic E-state index is 11.8. The van der Waals surface area contributed by atoms with Gasteiger partial charge in [0.1, 0.15) is 11.4 Å². The molecule has 0 aliphatic carbocycles. The van der Waals surface area contributed by atoms with Crippen molar-refractivity contribution in [2.24, 2.45) is 0 Å². The summed E-state index contributed by atoms with van der Waals surface area (Å²) in [6.07, 6.45) is 4.89. The predicted molar refractivity (Wildman–Crippen MR) is 131 cm³/mol. The summed E-state index contributed by atoms with van der Waals surface area (Å²) in [6, 6.07) is 14.2. The largest absolute Gasteiger partial charge is 0.483 e. The zero-order chi connectivity index (χ0) is 25.7. The molecule has 0 bridgehead atoms. The number of piperidine rings is 1. The third kappa shape index (κ3) is 7.76. The Morgan fingerprint density at radius 3 is 2.26 bits per heavy atom. The SMILES string of the molecule is CC(=O)NCc1ccc(N2CC[C@](O)(c3ccccc3)[C@H](N3CCCC3)C2)nc1.O=CO.O=CO. The van der Waals surface area contributed by atoms with Gasteiger partial charge in [-0.15, -0.1) is 0 Å². The second kappa shape index (κ2) is 14.0. The Morgan fingerprint density at radius 2 is 1.71 bits per heavy atom. The van der Waals surface area contributed by atoms with Crippen molar-refractivity contribution in [2.45, 2.75) is 44.4 Å². The first-order valence-electron chi connectivity index (χ1n) is 11.5. The van der Waals surface area contributed by atoms with Gasteiger partial charge < -0.3 is 25.5 Å². The predicted octanol–water partition coefficient (Wildman–Crippen LogP) is 1.68. The highest BCUT2D eigenvalue weighted by Crippen LogP contribution is 2.38. The fourth-order valence-electron chi connectivity index (χ4n) is 4.60. The minimum atomic E-state index is -0.840. The molecule has 3 heterocycles. The third-order valence-corrected chi connectivity index (χ3v) is 6.24. The molecule has 190 valence electrons. The zero-order valence-electron chi connectivity index (χ0n) is 19.9. The van der Waals surface area contributed by atoms with Crippen molar-refractivity contribution in [1.29, 1.82) is 0 Å². The Hall–Kier alpha value is -3.50. The number of carbonyl (C=O) groups excluding carboxylic acids is 1. The van der Waals surface area contributed by atoms with Gasteiger partial charge in [-0.3, -0.25) is 19.3 Å². The van der Waals surface area contributed by atoms with E-state index in [4.69, 9.17) is 19.8 Å². The Balaban J connectivity index is 0.000000655. The Kier molecular flexibility index (Phi) is 11.1. The molecular weight excluding hydrogens is 452 g/mol. The van der Waals surface area contributed by atoms with Crippen LogP contribution in [0.1, 0.15) is 37.3 Å². The average molecular weight is 487 g/mol. The molecule has 35 heavy (non-hydrogen) atoms. The van der Waals surface area contributed by atoms with E-state index < -0.39 is 5.60 Å². The molecule has 4 rings (SSSR count). The van der Waals surface area contributed by atoms with Crippen LogP contribution < -0.4 is 10.2 Å². The van der Waals surface area contributed by atoms with E-state index in [0.29, 0.717) is 13.0 Å². The number of nitrogens with one attached hydrogen (secondary N) is 1. The molecule has 0 radical (unpaired) electrons. The van der Waals surface area contributed by atoms with Gasteiger partial charge in [-0.1, -0.05) is 36.4 Å². The van der Waals surface area contributed by atoms with E-state index in [-0.39, 0.29) is 24.9 Å². The summed E-state index contributed by atoms with van der Waals surface area (Å²) < 4.78 is 0. The molecule has 0 spiro atoms. The molecule has 10 nitrogen and oxygen atoms in total. The van der Waals surface area contributed by atoms with Gasteiger partial charge in [0.05, 0.1) is 6.04 Å². The quantitative estimate of drug-likeness (QED) is 0.464. The van der Waals surface area contributed by atoms with Crippen LogP contribution in [-0.4, -0.2) is 76.3 Å². The number of aliphatic hydroxyl groups is 1. The highest BCUT2D eigenvalue weighted by atomic mass is 16.3. The van der Waals surface area contributed by atoms with Gasteiger partial charge in [0.15, 0.2) is 0 Å². The van der Waals surface area contributed by atoms with Gasteiger partial charge in [0.2, 0.25) is 5.91 Å². The maximum Gasteiger partial charge on any atom is 0.290 e. The van der Waals surface area contributed by atoms with Crippen LogP contribution in [0.2, 0.25) is 0 Å². The van der Waals surface area contributed by atoms with Crippen LogP contribution >= 0.6 is 0 Å². The minimum absolute atomic E-state index is 0.0428. The van der Waals surface area contributed by atoms with Crippen molar-refractivity contribution in [3.63, 3.8) is 0 Å². The number of anilines is 1. The van der Waals surface area contributed by atoms with Crippen LogP contribution in [-0.2, 0) is 26.5 Å². The molecule has 2 atom stereocenters. The van der Waals surface area contributed by atoms with Crippen LogP contribution in [0.25, 0.3) is 0 Å². The lowest BCUT2D eigenvalue weighted by atomic mass is 9.79. The first kappa shape index (κ1) is 27.7. The first-order valence-corrected chi connectivity index (χ1v) is 11.5. The summed E-state index contributed by atoms with van der Waals surface area (Å²) in [5.41, 5.74) is 1.15. The number of likely N-dealkylation sites (tertiary alicyclic amines) is 1. The summed E-state index contributed by atoms with van der Waals surface area (Å²) in [5.74, 6) is 0.884. The van der Waals surface area contributed by atoms with Crippen LogP contribution in [0.15, 0.2) is 48.7 Å². The number of carbonyl (C=O) groups is 3. The third-order valence-electron chi connectivity index (χ3n) is 6.24. The molecule has 0 saturated carbocycles. The van der Waals surface area contributed by atoms with E-state index in [0.717, 1.165) is 43.1 Å². The molecule has 2 saturated heterocycles. The summed E-state index contributed by atoms with van der Waals surface area (Å²) in [7, 11) is 0. The molecule has 1 aromatic carbocycles. The summed E-state index contributed by atoms with van der Waals surface area (Å²) in [6.45, 7) is 5.10. The maximum absolute atomic E-state index is 11.8. The highest BCUT2D eigenvalue weighted by molar-refractivity contribution is 5.72. The summed E-state index contributed by atoms with van der Waals surface area (Å²) in [5, 5.41) is 28.3. The number of hydrogen-bond donors (Lipinski definition) is 4. The van der Waals surface area contributed by atoms with Crippen LogP contribution in [0.5, 0.6) is 0 Å². The highest BCUT2D eigenvalue weighted by Gasteiger charge is 2.46. The number of carboxylic acid groups (broad SMARTS) is 2. The summed E-state index contributed by atoms with van der Waals surface area (Å²) >= 11 is 0. The van der Waals surface area contributed by atoms with E-state index in [9.17, 15) is 9.90 Å². The molecule has 1 amide bonds. The van der Waals surface area contributed by atoms with E-state index in [1.165, 1.54) is 19.8 Å². The number of nitrogens with zero attached hydrogens (tertiary/aromatic N) is 3. The van der Waals surface area contributed by atoms with Crippen molar-refractivity contribution in [2.75, 3.05) is 31.1 Å². The number of benzene rings is 1. The van der Waals surface area contributed by atoms with Crippen LogP contribution in [0, 0.1) is 0 Å². The van der Waals surface area contributed by atoms with Gasteiger partial charge in [-0.2, -0.15) is 0 Å². The second-order valence-electron chi connectivity index (χ2n) is 8.39. The summed E-state index contributed by atoms with van der Waals surface area (Å²) in [4.78, 5) is 37.2. The molecule has 4 N–H and O–H groups in total. The lowest BCUT2D eigenvalue weighted by Gasteiger charge is -2.49. The number of amides is 1. The van der Waals surface area contributed by atoms with Crippen molar-refractivity contribution >= 4 is 24.7 Å². The van der Waals surface area contributed by atoms with Gasteiger partial charge >= 0.3 is 0 Å². The standard InChI is InChI=1S/C23H30N4O2.2CH2O2/c1-18(28)24-15-19-9-10-22(25-16-19)27-14-11-23(29,20-7-3-2-4-8-20)21(17-27)26-12-5-6-13-26;2*2-1-3/h2-4,7-10,16,21,29H,5-6,11-15,17H2,1H3,(H,24,28);2*1H,(H,2,3)/t21-,23+;;/m1../s1. The number of hydrogen-bond acceptors (Lipinski definition) is 7. The molecular formula is C25H34N4O6. The molecule has 0 unspecified atom stereocenters. The molecule has 2 aromatic rings. The molecule has 2 fully saturated rings. The molecule has 2 aliphatic rings. The lowest BCUT2D eigenvalue weighted by molar-refractivity contribution is -0.123. The Labute approximate surface area is 205 Å². The first-order chi connectivity index (χ1) is 16.9. The fourth-order valence-corrected chi connectivity index (χ4v) is 4.60. The molecule has 2 aliphatic heterocycles. The van der Waals surface area contributed by atoms with Crippen molar-refractivity contribution in [3.05, 3.63) is 59.8 Å². The minimum Gasteiger partial charge on any atom is -0.483 e. The van der Waals surface area contributed by atoms with Crippen molar-refractivity contribution < 1.29 is 29.7 Å². The Bertz CT molecular complexity index is 915. The van der Waals surface area contributed by atoms with Gasteiger partial charge in [-0.05, 0) is 49.5 Å². The van der Waals surface area contributed by atoms with Crippen molar-refractivity contribution in [3.8, 4) is 0 Å². The van der Waals surface area contributed by atoms with E-state index in [1.807, 2.05) is 48.7 Å². The van der Waals surface area contributed by atoms with Crippen LogP contribution in [0.3, 0.4) is 0 Å². The topological polar surface area (TPSA) is 143 Å². The molecule has 1 aromatic heterocycles. The van der Waals surface area contributed by atoms with E-state index >= 15 is 0 Å². The van der Waals surface area contributed by atoms with Gasteiger partial charge in [-0.25, -0.2) is 4.98 Å². The Morgan fingerprint density at radius 1 is 1.09 bits per heavy atom. The fraction of sp³-hybridized carbons (Fsp3) is 0.440. The van der Waals surface area contributed by atoms with Crippen LogP contribution in [0.4, 0.5) is 5.82 Å². The van der Waals surface area contributed by atoms with Gasteiger partial charge in [0, 0.05) is 32.8 Å². The molecule has 10 heteroatoms. The van der Waals surface area contributed by atoms with E-state index in [2.05, 4.69) is 20.1 Å². The normalized spacial score (nSPS) is 21.5. The monoisotopic (exact) mass is 486 g/mol. The van der Waals surface area contributed by atoms with E-state index in [1.54, 1.807) is 0 Å². The lowest BCUT2D eigenvalue weighted by Crippen LogP contribution is -2.60.